The third-order valence-electron chi connectivity index (χ3n) is 5.82. The Bertz CT molecular complexity index is 740. The molecule has 1 amide bonds. The monoisotopic (exact) mass is 349 g/mol. The summed E-state index contributed by atoms with van der Waals surface area (Å²) in [5.41, 5.74) is 3.92. The summed E-state index contributed by atoms with van der Waals surface area (Å²) in [6.45, 7) is 2.66. The summed E-state index contributed by atoms with van der Waals surface area (Å²) in [7, 11) is 0. The number of hydrogen-bond donors (Lipinski definition) is 1. The van der Waals surface area contributed by atoms with Crippen LogP contribution < -0.4 is 5.32 Å². The molecule has 136 valence electrons. The average Bonchev–Trinajstić information content (AvgIpc) is 3.10. The van der Waals surface area contributed by atoms with Crippen molar-refractivity contribution in [1.82, 2.24) is 15.2 Å². The van der Waals surface area contributed by atoms with Gasteiger partial charge in [-0.3, -0.25) is 9.78 Å². The lowest BCUT2D eigenvalue weighted by Crippen LogP contribution is -2.46. The lowest BCUT2D eigenvalue weighted by atomic mass is 9.95. The van der Waals surface area contributed by atoms with Crippen LogP contribution in [0.4, 0.5) is 0 Å². The van der Waals surface area contributed by atoms with E-state index in [0.29, 0.717) is 30.8 Å². The molecule has 2 aromatic rings. The number of piperidine rings is 1. The summed E-state index contributed by atoms with van der Waals surface area (Å²) < 4.78 is 0. The van der Waals surface area contributed by atoms with Gasteiger partial charge in [-0.1, -0.05) is 30.3 Å². The largest absolute Gasteiger partial charge is 0.335 e. The number of hydrogen-bond acceptors (Lipinski definition) is 3. The summed E-state index contributed by atoms with van der Waals surface area (Å²) in [5, 5.41) is 3.41. The van der Waals surface area contributed by atoms with Crippen molar-refractivity contribution in [3.63, 3.8) is 0 Å². The van der Waals surface area contributed by atoms with E-state index >= 15 is 0 Å². The smallest absolute Gasteiger partial charge is 0.223 e. The summed E-state index contributed by atoms with van der Waals surface area (Å²) in [5.74, 6) is 0.666. The van der Waals surface area contributed by atoms with Gasteiger partial charge in [0.1, 0.15) is 0 Å². The molecule has 1 N–H and O–H groups in total. The van der Waals surface area contributed by atoms with E-state index < -0.39 is 0 Å². The van der Waals surface area contributed by atoms with Gasteiger partial charge < -0.3 is 10.2 Å². The Kier molecular flexibility index (Phi) is 5.30. The Balaban J connectivity index is 1.50. The molecule has 1 aromatic carbocycles. The Morgan fingerprint density at radius 2 is 1.96 bits per heavy atom. The maximum absolute atomic E-state index is 13.3. The highest BCUT2D eigenvalue weighted by atomic mass is 16.2. The van der Waals surface area contributed by atoms with Gasteiger partial charge >= 0.3 is 0 Å². The first-order chi connectivity index (χ1) is 12.8. The average molecular weight is 349 g/mol. The molecule has 4 heteroatoms. The molecule has 1 aromatic heterocycles. The van der Waals surface area contributed by atoms with Crippen molar-refractivity contribution in [2.45, 2.75) is 50.6 Å². The second kappa shape index (κ2) is 8.00. The molecule has 0 saturated carbocycles. The molecule has 1 aliphatic carbocycles. The fourth-order valence-corrected chi connectivity index (χ4v) is 4.41. The van der Waals surface area contributed by atoms with Gasteiger partial charge in [0.05, 0.1) is 0 Å². The zero-order valence-corrected chi connectivity index (χ0v) is 15.2. The van der Waals surface area contributed by atoms with Crippen molar-refractivity contribution >= 4 is 5.91 Å². The number of aromatic nitrogens is 1. The molecule has 1 atom stereocenters. The molecule has 1 aliphatic heterocycles. The Labute approximate surface area is 155 Å². The second-order valence-corrected chi connectivity index (χ2v) is 7.50. The van der Waals surface area contributed by atoms with Crippen LogP contribution in [0.5, 0.6) is 0 Å². The number of fused-ring (bicyclic) bond motifs is 1. The first kappa shape index (κ1) is 17.2. The number of carbonyl (C=O) groups is 1. The van der Waals surface area contributed by atoms with Crippen LogP contribution in [0, 0.1) is 0 Å². The molecule has 4 rings (SSSR count). The minimum absolute atomic E-state index is 0.294. The van der Waals surface area contributed by atoms with Crippen LogP contribution in [-0.2, 0) is 17.8 Å². The SMILES string of the molecule is O=C(C[C@@H]1CCc2ccccc21)N(Cc1cccnc1)C1CCNCC1. The summed E-state index contributed by atoms with van der Waals surface area (Å²) in [4.78, 5) is 19.6. The van der Waals surface area contributed by atoms with Gasteiger partial charge in [0.15, 0.2) is 0 Å². The highest BCUT2D eigenvalue weighted by Gasteiger charge is 2.30. The van der Waals surface area contributed by atoms with Gasteiger partial charge in [-0.2, -0.15) is 0 Å². The van der Waals surface area contributed by atoms with Crippen molar-refractivity contribution < 1.29 is 4.79 Å². The van der Waals surface area contributed by atoms with Crippen LogP contribution in [0.2, 0.25) is 0 Å². The van der Waals surface area contributed by atoms with Gasteiger partial charge in [-0.05, 0) is 67.4 Å². The van der Waals surface area contributed by atoms with Gasteiger partial charge in [0.2, 0.25) is 5.91 Å². The van der Waals surface area contributed by atoms with Gasteiger partial charge in [0, 0.05) is 31.4 Å². The predicted octanol–water partition coefficient (Wildman–Crippen LogP) is 3.28. The van der Waals surface area contributed by atoms with Crippen LogP contribution in [0.3, 0.4) is 0 Å². The quantitative estimate of drug-likeness (QED) is 0.901. The van der Waals surface area contributed by atoms with Gasteiger partial charge in [-0.25, -0.2) is 0 Å². The lowest BCUT2D eigenvalue weighted by Gasteiger charge is -2.35. The summed E-state index contributed by atoms with van der Waals surface area (Å²) in [6.07, 6.45) is 8.56. The fraction of sp³-hybridized carbons (Fsp3) is 0.455. The first-order valence-corrected chi connectivity index (χ1v) is 9.78. The second-order valence-electron chi connectivity index (χ2n) is 7.50. The van der Waals surface area contributed by atoms with Crippen LogP contribution in [0.1, 0.15) is 48.3 Å². The standard InChI is InChI=1S/C22H27N3O/c26-22(14-19-8-7-18-5-1-2-6-21(18)19)25(20-9-12-23-13-10-20)16-17-4-3-11-24-15-17/h1-6,11,15,19-20,23H,7-10,12-14,16H2/t19-/m0/s1. The van der Waals surface area contributed by atoms with Gasteiger partial charge in [-0.15, -0.1) is 0 Å². The third kappa shape index (κ3) is 3.80. The molecule has 1 fully saturated rings. The van der Waals surface area contributed by atoms with E-state index in [9.17, 15) is 4.79 Å². The minimum atomic E-state index is 0.294. The van der Waals surface area contributed by atoms with Crippen molar-refractivity contribution in [3.8, 4) is 0 Å². The molecule has 0 radical (unpaired) electrons. The number of rotatable bonds is 5. The van der Waals surface area contributed by atoms with E-state index in [4.69, 9.17) is 0 Å². The predicted molar refractivity (Wildman–Crippen MR) is 103 cm³/mol. The molecule has 0 bridgehead atoms. The minimum Gasteiger partial charge on any atom is -0.335 e. The van der Waals surface area contributed by atoms with Gasteiger partial charge in [0.25, 0.3) is 0 Å². The van der Waals surface area contributed by atoms with Crippen LogP contribution in [-0.4, -0.2) is 34.9 Å². The summed E-state index contributed by atoms with van der Waals surface area (Å²) in [6, 6.07) is 13.0. The lowest BCUT2D eigenvalue weighted by molar-refractivity contribution is -0.135. The molecule has 2 aliphatic rings. The normalized spacial score (nSPS) is 19.9. The van der Waals surface area contributed by atoms with Crippen molar-refractivity contribution in [2.24, 2.45) is 0 Å². The summed E-state index contributed by atoms with van der Waals surface area (Å²) >= 11 is 0. The van der Waals surface area contributed by atoms with Crippen molar-refractivity contribution in [1.29, 1.82) is 0 Å². The number of nitrogens with zero attached hydrogens (tertiary/aromatic N) is 2. The molecule has 0 unspecified atom stereocenters. The maximum Gasteiger partial charge on any atom is 0.223 e. The first-order valence-electron chi connectivity index (χ1n) is 9.78. The van der Waals surface area contributed by atoms with E-state index in [1.807, 2.05) is 12.3 Å². The van der Waals surface area contributed by atoms with Crippen LogP contribution in [0.25, 0.3) is 0 Å². The topological polar surface area (TPSA) is 45.2 Å². The number of pyridine rings is 1. The highest BCUT2D eigenvalue weighted by Crippen LogP contribution is 2.36. The number of carbonyl (C=O) groups excluding carboxylic acids is 1. The van der Waals surface area contributed by atoms with Crippen molar-refractivity contribution in [3.05, 3.63) is 65.5 Å². The highest BCUT2D eigenvalue weighted by molar-refractivity contribution is 5.77. The molecule has 4 nitrogen and oxygen atoms in total. The van der Waals surface area contributed by atoms with E-state index in [-0.39, 0.29) is 0 Å². The molecule has 0 spiro atoms. The van der Waals surface area contributed by atoms with E-state index in [1.54, 1.807) is 6.20 Å². The molecule has 1 saturated heterocycles. The Morgan fingerprint density at radius 1 is 1.12 bits per heavy atom. The molecular weight excluding hydrogens is 322 g/mol. The number of benzene rings is 1. The number of nitrogens with one attached hydrogen (secondary N) is 1. The number of aryl methyl sites for hydroxylation is 1. The molecular formula is C22H27N3O. The maximum atomic E-state index is 13.3. The molecule has 26 heavy (non-hydrogen) atoms. The van der Waals surface area contributed by atoms with Crippen molar-refractivity contribution in [2.75, 3.05) is 13.1 Å². The Hall–Kier alpha value is -2.20. The van der Waals surface area contributed by atoms with E-state index in [0.717, 1.165) is 44.3 Å². The van der Waals surface area contributed by atoms with E-state index in [1.165, 1.54) is 11.1 Å². The van der Waals surface area contributed by atoms with Crippen LogP contribution >= 0.6 is 0 Å². The fourth-order valence-electron chi connectivity index (χ4n) is 4.41. The number of amides is 1. The third-order valence-corrected chi connectivity index (χ3v) is 5.82. The zero-order chi connectivity index (χ0) is 17.8. The zero-order valence-electron chi connectivity index (χ0n) is 15.2. The van der Waals surface area contributed by atoms with E-state index in [2.05, 4.69) is 45.5 Å². The molecule has 2 heterocycles. The Morgan fingerprint density at radius 3 is 2.77 bits per heavy atom. The van der Waals surface area contributed by atoms with Crippen LogP contribution in [0.15, 0.2) is 48.8 Å².